The second kappa shape index (κ2) is 7.81. The van der Waals surface area contributed by atoms with E-state index in [1.165, 1.54) is 13.8 Å². The number of carbonyl (C=O) groups is 1. The van der Waals surface area contributed by atoms with Crippen LogP contribution in [0.15, 0.2) is 0 Å². The molecule has 0 N–H and O–H groups in total. The van der Waals surface area contributed by atoms with Gasteiger partial charge in [-0.15, -0.1) is 0 Å². The van der Waals surface area contributed by atoms with Crippen molar-refractivity contribution in [2.24, 2.45) is 0 Å². The third kappa shape index (κ3) is 4.47. The van der Waals surface area contributed by atoms with E-state index in [2.05, 4.69) is 9.47 Å². The lowest BCUT2D eigenvalue weighted by atomic mass is 9.94. The normalized spacial score (nSPS) is 15.7. The van der Waals surface area contributed by atoms with Gasteiger partial charge in [-0.1, -0.05) is 6.92 Å². The zero-order chi connectivity index (χ0) is 22.1. The fraction of sp³-hybridized carbons (Fsp3) is 0.917. The maximum Gasteiger partial charge on any atom is 0.508 e. The van der Waals surface area contributed by atoms with E-state index in [9.17, 15) is 57.5 Å². The maximum atomic E-state index is 13.3. The standard InChI is InChI=1S/C12H12F12O3/c1-3-5(2)27-7(25)26-4-8(15,16)10(19,20)12(23,24)11(21,22)9(17,18)6(13)14/h5-6H,3-4H2,1-2H3/t5-/m1/s1. The van der Waals surface area contributed by atoms with E-state index in [4.69, 9.17) is 0 Å². The summed E-state index contributed by atoms with van der Waals surface area (Å²) in [5, 5.41) is 0. The number of hydrogen-bond acceptors (Lipinski definition) is 3. The van der Waals surface area contributed by atoms with Gasteiger partial charge in [0.05, 0.1) is 0 Å². The Labute approximate surface area is 143 Å². The van der Waals surface area contributed by atoms with Crippen molar-refractivity contribution in [1.82, 2.24) is 0 Å². The lowest BCUT2D eigenvalue weighted by Gasteiger charge is -2.38. The summed E-state index contributed by atoms with van der Waals surface area (Å²) in [5.74, 6) is -36.0. The van der Waals surface area contributed by atoms with Gasteiger partial charge in [-0.05, 0) is 13.3 Å². The van der Waals surface area contributed by atoms with Crippen molar-refractivity contribution in [3.63, 3.8) is 0 Å². The van der Waals surface area contributed by atoms with Crippen LogP contribution >= 0.6 is 0 Å². The van der Waals surface area contributed by atoms with E-state index in [1.807, 2.05) is 0 Å². The highest BCUT2D eigenvalue weighted by molar-refractivity contribution is 5.60. The summed E-state index contributed by atoms with van der Waals surface area (Å²) in [4.78, 5) is 10.9. The molecule has 0 aromatic carbocycles. The maximum absolute atomic E-state index is 13.3. The summed E-state index contributed by atoms with van der Waals surface area (Å²) in [7, 11) is 0. The minimum absolute atomic E-state index is 0.0780. The molecule has 0 heterocycles. The Morgan fingerprint density at radius 3 is 1.67 bits per heavy atom. The van der Waals surface area contributed by atoms with Crippen LogP contribution in [0.5, 0.6) is 0 Å². The Morgan fingerprint density at radius 2 is 1.30 bits per heavy atom. The van der Waals surface area contributed by atoms with Gasteiger partial charge >= 0.3 is 42.2 Å². The van der Waals surface area contributed by atoms with Gasteiger partial charge in [0.2, 0.25) is 0 Å². The molecule has 27 heavy (non-hydrogen) atoms. The van der Waals surface area contributed by atoms with Crippen LogP contribution in [0.4, 0.5) is 57.5 Å². The fourth-order valence-electron chi connectivity index (χ4n) is 1.30. The van der Waals surface area contributed by atoms with Crippen LogP contribution in [-0.2, 0) is 9.47 Å². The number of carbonyl (C=O) groups excluding carboxylic acids is 1. The molecule has 0 fully saturated rings. The van der Waals surface area contributed by atoms with Gasteiger partial charge in [-0.2, -0.15) is 43.9 Å². The van der Waals surface area contributed by atoms with E-state index >= 15 is 0 Å². The SMILES string of the molecule is CC[C@@H](C)OC(=O)OCC(F)(F)C(F)(F)C(F)(F)C(F)(F)C(F)(F)C(F)F. The third-order valence-corrected chi connectivity index (χ3v) is 3.18. The Balaban J connectivity index is 5.63. The van der Waals surface area contributed by atoms with E-state index in [0.29, 0.717) is 0 Å². The number of alkyl halides is 12. The molecule has 15 heteroatoms. The predicted molar refractivity (Wildman–Crippen MR) is 62.9 cm³/mol. The summed E-state index contributed by atoms with van der Waals surface area (Å²) >= 11 is 0. The summed E-state index contributed by atoms with van der Waals surface area (Å²) in [6.45, 7) is -0.400. The van der Waals surface area contributed by atoms with Crippen LogP contribution < -0.4 is 0 Å². The van der Waals surface area contributed by atoms with Crippen LogP contribution in [0, 0.1) is 0 Å². The Morgan fingerprint density at radius 1 is 0.852 bits per heavy atom. The lowest BCUT2D eigenvalue weighted by Crippen LogP contribution is -2.69. The predicted octanol–water partition coefficient (Wildman–Crippen LogP) is 5.38. The quantitative estimate of drug-likeness (QED) is 0.363. The zero-order valence-corrected chi connectivity index (χ0v) is 13.3. The molecule has 1 atom stereocenters. The highest BCUT2D eigenvalue weighted by Gasteiger charge is 2.87. The zero-order valence-electron chi connectivity index (χ0n) is 13.3. The smallest absolute Gasteiger partial charge is 0.431 e. The van der Waals surface area contributed by atoms with Crippen molar-refractivity contribution in [1.29, 1.82) is 0 Å². The first-order valence-electron chi connectivity index (χ1n) is 6.80. The van der Waals surface area contributed by atoms with E-state index in [1.54, 1.807) is 0 Å². The molecule has 0 unspecified atom stereocenters. The second-order valence-corrected chi connectivity index (χ2v) is 5.23. The molecule has 0 rings (SSSR count). The summed E-state index contributed by atoms with van der Waals surface area (Å²) in [6.07, 6.45) is -8.58. The third-order valence-electron chi connectivity index (χ3n) is 3.18. The number of hydrogen-bond donors (Lipinski definition) is 0. The summed E-state index contributed by atoms with van der Waals surface area (Å²) in [6, 6.07) is 0. The van der Waals surface area contributed by atoms with Crippen molar-refractivity contribution >= 4 is 6.16 Å². The van der Waals surface area contributed by atoms with Crippen molar-refractivity contribution in [3.8, 4) is 0 Å². The molecule has 0 bridgehead atoms. The van der Waals surface area contributed by atoms with Crippen molar-refractivity contribution in [3.05, 3.63) is 0 Å². The van der Waals surface area contributed by atoms with E-state index in [0.717, 1.165) is 0 Å². The van der Waals surface area contributed by atoms with E-state index < -0.39 is 54.9 Å². The topological polar surface area (TPSA) is 35.5 Å². The first-order chi connectivity index (χ1) is 11.8. The van der Waals surface area contributed by atoms with Crippen molar-refractivity contribution < 1.29 is 67.0 Å². The molecule has 0 aliphatic rings. The van der Waals surface area contributed by atoms with Crippen molar-refractivity contribution in [2.75, 3.05) is 6.61 Å². The van der Waals surface area contributed by atoms with Crippen LogP contribution in [0.3, 0.4) is 0 Å². The summed E-state index contributed by atoms with van der Waals surface area (Å²) < 4.78 is 162. The Hall–Kier alpha value is -1.57. The van der Waals surface area contributed by atoms with Crippen LogP contribution in [-0.4, -0.2) is 54.9 Å². The molecule has 0 aromatic heterocycles. The van der Waals surface area contributed by atoms with Gasteiger partial charge in [0, 0.05) is 0 Å². The molecule has 0 saturated carbocycles. The van der Waals surface area contributed by atoms with Gasteiger partial charge in [0.25, 0.3) is 0 Å². The first kappa shape index (κ1) is 25.4. The highest BCUT2D eigenvalue weighted by atomic mass is 19.4. The van der Waals surface area contributed by atoms with Gasteiger partial charge in [0.1, 0.15) is 6.10 Å². The number of halogens is 12. The molecular weight excluding hydrogens is 420 g/mol. The largest absolute Gasteiger partial charge is 0.508 e. The Kier molecular flexibility index (Phi) is 7.36. The molecule has 0 spiro atoms. The minimum Gasteiger partial charge on any atom is -0.431 e. The van der Waals surface area contributed by atoms with Gasteiger partial charge in [-0.25, -0.2) is 13.6 Å². The molecule has 3 nitrogen and oxygen atoms in total. The molecule has 0 aliphatic heterocycles. The highest BCUT2D eigenvalue weighted by Crippen LogP contribution is 2.58. The van der Waals surface area contributed by atoms with Gasteiger partial charge in [0.15, 0.2) is 6.61 Å². The molecule has 162 valence electrons. The Bertz CT molecular complexity index is 520. The minimum atomic E-state index is -7.66. The molecule has 0 aromatic rings. The number of ether oxygens (including phenoxy) is 2. The summed E-state index contributed by atoms with van der Waals surface area (Å²) in [5.41, 5.74) is 0. The first-order valence-corrected chi connectivity index (χ1v) is 6.80. The van der Waals surface area contributed by atoms with Gasteiger partial charge in [-0.3, -0.25) is 0 Å². The van der Waals surface area contributed by atoms with Gasteiger partial charge < -0.3 is 9.47 Å². The van der Waals surface area contributed by atoms with Crippen LogP contribution in [0.2, 0.25) is 0 Å². The number of rotatable bonds is 9. The van der Waals surface area contributed by atoms with E-state index in [-0.39, 0.29) is 6.42 Å². The van der Waals surface area contributed by atoms with Crippen LogP contribution in [0.1, 0.15) is 20.3 Å². The molecule has 0 radical (unpaired) electrons. The monoisotopic (exact) mass is 432 g/mol. The van der Waals surface area contributed by atoms with Crippen LogP contribution in [0.25, 0.3) is 0 Å². The lowest BCUT2D eigenvalue weighted by molar-refractivity contribution is -0.414. The average Bonchev–Trinajstić information content (AvgIpc) is 2.51. The second-order valence-electron chi connectivity index (χ2n) is 5.23. The molecule has 0 saturated heterocycles. The molecular formula is C12H12F12O3. The van der Waals surface area contributed by atoms with Crippen molar-refractivity contribution in [2.45, 2.75) is 62.4 Å². The fourth-order valence-corrected chi connectivity index (χ4v) is 1.30. The molecule has 0 amide bonds. The average molecular weight is 432 g/mol. The molecule has 0 aliphatic carbocycles.